The van der Waals surface area contributed by atoms with E-state index in [0.29, 0.717) is 0 Å². The first-order valence-electron chi connectivity index (χ1n) is 4.87. The minimum atomic E-state index is 0.954. The molecule has 0 bridgehead atoms. The van der Waals surface area contributed by atoms with Crippen molar-refractivity contribution in [2.75, 3.05) is 0 Å². The molecule has 0 unspecified atom stereocenters. The molecular formula is C12H8IN3. The van der Waals surface area contributed by atoms with Gasteiger partial charge in [0.05, 0.1) is 5.69 Å². The number of aromatic nitrogens is 3. The minimum absolute atomic E-state index is 0.954. The molecule has 3 aromatic rings. The predicted octanol–water partition coefficient (Wildman–Crippen LogP) is 3.00. The van der Waals surface area contributed by atoms with Gasteiger partial charge in [0.2, 0.25) is 0 Å². The number of fused-ring (bicyclic) bond motifs is 1. The van der Waals surface area contributed by atoms with Gasteiger partial charge in [0.25, 0.3) is 0 Å². The molecule has 0 amide bonds. The van der Waals surface area contributed by atoms with Crippen molar-refractivity contribution < 1.29 is 0 Å². The first-order valence-corrected chi connectivity index (χ1v) is 5.95. The number of hydrogen-bond acceptors (Lipinski definition) is 2. The van der Waals surface area contributed by atoms with Crippen LogP contribution in [0.1, 0.15) is 0 Å². The van der Waals surface area contributed by atoms with Crippen molar-refractivity contribution in [3.63, 3.8) is 0 Å². The van der Waals surface area contributed by atoms with Gasteiger partial charge in [0.1, 0.15) is 5.65 Å². The highest BCUT2D eigenvalue weighted by Gasteiger charge is 2.03. The van der Waals surface area contributed by atoms with E-state index < -0.39 is 0 Å². The van der Waals surface area contributed by atoms with Crippen LogP contribution >= 0.6 is 22.6 Å². The summed E-state index contributed by atoms with van der Waals surface area (Å²) >= 11 is 2.29. The molecule has 0 radical (unpaired) electrons. The van der Waals surface area contributed by atoms with E-state index in [1.165, 1.54) is 3.57 Å². The normalized spacial score (nSPS) is 10.8. The van der Waals surface area contributed by atoms with E-state index >= 15 is 0 Å². The Morgan fingerprint density at radius 1 is 1.12 bits per heavy atom. The summed E-state index contributed by atoms with van der Waals surface area (Å²) in [5.74, 6) is 0. The Morgan fingerprint density at radius 2 is 2.06 bits per heavy atom. The van der Waals surface area contributed by atoms with Crippen LogP contribution in [0.3, 0.4) is 0 Å². The molecule has 0 atom stereocenters. The molecule has 0 aromatic carbocycles. The third kappa shape index (κ3) is 1.69. The van der Waals surface area contributed by atoms with E-state index in [1.807, 2.05) is 35.0 Å². The molecule has 0 aliphatic rings. The summed E-state index contributed by atoms with van der Waals surface area (Å²) in [5.41, 5.74) is 2.95. The van der Waals surface area contributed by atoms with E-state index in [9.17, 15) is 0 Å². The quantitative estimate of drug-likeness (QED) is 0.645. The van der Waals surface area contributed by atoms with Crippen molar-refractivity contribution in [2.45, 2.75) is 0 Å². The van der Waals surface area contributed by atoms with Crippen molar-refractivity contribution >= 4 is 28.2 Å². The zero-order valence-corrected chi connectivity index (χ0v) is 10.5. The lowest BCUT2D eigenvalue weighted by atomic mass is 10.2. The molecule has 0 spiro atoms. The summed E-state index contributed by atoms with van der Waals surface area (Å²) in [6.07, 6.45) is 7.67. The number of hydrogen-bond donors (Lipinski definition) is 0. The fourth-order valence-electron chi connectivity index (χ4n) is 1.62. The molecule has 3 aromatic heterocycles. The molecule has 0 aliphatic heterocycles. The first-order chi connectivity index (χ1) is 7.83. The number of pyridine rings is 2. The topological polar surface area (TPSA) is 30.2 Å². The largest absolute Gasteiger partial charge is 0.305 e. The van der Waals surface area contributed by atoms with Crippen LogP contribution in [0.15, 0.2) is 49.1 Å². The Balaban J connectivity index is 2.19. The summed E-state index contributed by atoms with van der Waals surface area (Å²) in [4.78, 5) is 8.64. The van der Waals surface area contributed by atoms with Gasteiger partial charge in [-0.3, -0.25) is 4.98 Å². The molecule has 0 saturated carbocycles. The van der Waals surface area contributed by atoms with Gasteiger partial charge in [-0.05, 0) is 46.9 Å². The predicted molar refractivity (Wildman–Crippen MR) is 71.1 cm³/mol. The summed E-state index contributed by atoms with van der Waals surface area (Å²) in [7, 11) is 0. The Morgan fingerprint density at radius 3 is 2.88 bits per heavy atom. The zero-order valence-electron chi connectivity index (χ0n) is 8.34. The summed E-state index contributed by atoms with van der Waals surface area (Å²) in [5, 5.41) is 0. The van der Waals surface area contributed by atoms with Gasteiger partial charge in [-0.15, -0.1) is 0 Å². The van der Waals surface area contributed by atoms with E-state index in [-0.39, 0.29) is 0 Å². The van der Waals surface area contributed by atoms with Crippen molar-refractivity contribution in [2.24, 2.45) is 0 Å². The van der Waals surface area contributed by atoms with E-state index in [2.05, 4.69) is 44.8 Å². The molecular weight excluding hydrogens is 313 g/mol. The van der Waals surface area contributed by atoms with Crippen molar-refractivity contribution in [1.29, 1.82) is 0 Å². The number of halogens is 1. The number of imidazole rings is 1. The maximum absolute atomic E-state index is 4.54. The molecule has 0 saturated heterocycles. The Hall–Kier alpha value is -1.43. The second kappa shape index (κ2) is 3.86. The van der Waals surface area contributed by atoms with Crippen LogP contribution in [0.4, 0.5) is 0 Å². The van der Waals surface area contributed by atoms with E-state index in [4.69, 9.17) is 0 Å². The second-order valence-electron chi connectivity index (χ2n) is 3.48. The molecule has 3 rings (SSSR count). The van der Waals surface area contributed by atoms with Crippen LogP contribution in [0.2, 0.25) is 0 Å². The van der Waals surface area contributed by atoms with Gasteiger partial charge in [-0.2, -0.15) is 0 Å². The van der Waals surface area contributed by atoms with Crippen molar-refractivity contribution in [3.05, 3.63) is 52.6 Å². The monoisotopic (exact) mass is 321 g/mol. The molecule has 3 heterocycles. The van der Waals surface area contributed by atoms with Gasteiger partial charge in [0.15, 0.2) is 0 Å². The third-order valence-electron chi connectivity index (χ3n) is 2.37. The summed E-state index contributed by atoms with van der Waals surface area (Å²) in [6.45, 7) is 0. The Labute approximate surface area is 106 Å². The maximum Gasteiger partial charge on any atom is 0.137 e. The highest BCUT2D eigenvalue weighted by Crippen LogP contribution is 2.18. The number of nitrogens with zero attached hydrogens (tertiary/aromatic N) is 3. The standard InChI is InChI=1S/C12H8IN3/c13-10-3-4-12-15-11(8-16(12)7-10)9-2-1-5-14-6-9/h1-8H. The molecule has 16 heavy (non-hydrogen) atoms. The van der Waals surface area contributed by atoms with Crippen molar-refractivity contribution in [1.82, 2.24) is 14.4 Å². The van der Waals surface area contributed by atoms with Gasteiger partial charge >= 0.3 is 0 Å². The number of rotatable bonds is 1. The average Bonchev–Trinajstić information content (AvgIpc) is 2.73. The molecule has 78 valence electrons. The minimum Gasteiger partial charge on any atom is -0.305 e. The Kier molecular flexibility index (Phi) is 2.36. The molecule has 4 heteroatoms. The molecule has 0 aliphatic carbocycles. The first kappa shape index (κ1) is 9.77. The van der Waals surface area contributed by atoms with Crippen LogP contribution < -0.4 is 0 Å². The smallest absolute Gasteiger partial charge is 0.137 e. The van der Waals surface area contributed by atoms with Gasteiger partial charge in [-0.1, -0.05) is 0 Å². The highest BCUT2D eigenvalue weighted by molar-refractivity contribution is 14.1. The van der Waals surface area contributed by atoms with Crippen LogP contribution in [0.5, 0.6) is 0 Å². The van der Waals surface area contributed by atoms with Crippen LogP contribution in [0, 0.1) is 3.57 Å². The third-order valence-corrected chi connectivity index (χ3v) is 3.01. The lowest BCUT2D eigenvalue weighted by molar-refractivity contribution is 1.17. The van der Waals surface area contributed by atoms with Gasteiger partial charge in [-0.25, -0.2) is 4.98 Å². The zero-order chi connectivity index (χ0) is 11.0. The maximum atomic E-state index is 4.54. The molecule has 0 N–H and O–H groups in total. The second-order valence-corrected chi connectivity index (χ2v) is 4.73. The van der Waals surface area contributed by atoms with Gasteiger partial charge < -0.3 is 4.40 Å². The van der Waals surface area contributed by atoms with E-state index in [0.717, 1.165) is 16.9 Å². The molecule has 0 fully saturated rings. The van der Waals surface area contributed by atoms with E-state index in [1.54, 1.807) is 6.20 Å². The highest BCUT2D eigenvalue weighted by atomic mass is 127. The lowest BCUT2D eigenvalue weighted by Crippen LogP contribution is -1.82. The molecule has 3 nitrogen and oxygen atoms in total. The lowest BCUT2D eigenvalue weighted by Gasteiger charge is -1.92. The average molecular weight is 321 g/mol. The van der Waals surface area contributed by atoms with Crippen LogP contribution in [0.25, 0.3) is 16.9 Å². The van der Waals surface area contributed by atoms with Crippen LogP contribution in [-0.2, 0) is 0 Å². The van der Waals surface area contributed by atoms with Crippen molar-refractivity contribution in [3.8, 4) is 11.3 Å². The summed E-state index contributed by atoms with van der Waals surface area (Å²) < 4.78 is 3.23. The van der Waals surface area contributed by atoms with Crippen LogP contribution in [-0.4, -0.2) is 14.4 Å². The Bertz CT molecular complexity index is 631. The fourth-order valence-corrected chi connectivity index (χ4v) is 2.10. The SMILES string of the molecule is Ic1ccc2nc(-c3cccnc3)cn2c1. The summed E-state index contributed by atoms with van der Waals surface area (Å²) in [6, 6.07) is 8.00. The fraction of sp³-hybridized carbons (Fsp3) is 0. The van der Waals surface area contributed by atoms with Gasteiger partial charge in [0, 0.05) is 33.9 Å².